The second kappa shape index (κ2) is 7.41. The standard InChI is InChI=1S/C16H25FN2O2/c1-5-8-19(11-16(2,3)10-18)15(20)12-6-7-14(21-4)13(17)9-12/h6-7,9H,5,8,10-11,18H2,1-4H3. The van der Waals surface area contributed by atoms with E-state index in [1.54, 1.807) is 11.0 Å². The molecule has 0 unspecified atom stereocenters. The van der Waals surface area contributed by atoms with E-state index in [0.717, 1.165) is 6.42 Å². The Kier molecular flexibility index (Phi) is 6.15. The molecule has 5 heteroatoms. The molecule has 118 valence electrons. The van der Waals surface area contributed by atoms with Gasteiger partial charge in [0.1, 0.15) is 0 Å². The maximum Gasteiger partial charge on any atom is 0.253 e. The molecule has 0 radical (unpaired) electrons. The highest BCUT2D eigenvalue weighted by Gasteiger charge is 2.24. The van der Waals surface area contributed by atoms with Crippen molar-refractivity contribution >= 4 is 5.91 Å². The third-order valence-electron chi connectivity index (χ3n) is 3.35. The molecule has 0 aliphatic carbocycles. The van der Waals surface area contributed by atoms with Gasteiger partial charge in [-0.05, 0) is 36.6 Å². The lowest BCUT2D eigenvalue weighted by Crippen LogP contribution is -2.42. The number of hydrogen-bond acceptors (Lipinski definition) is 3. The van der Waals surface area contributed by atoms with Gasteiger partial charge in [-0.3, -0.25) is 4.79 Å². The molecule has 0 aliphatic heterocycles. The van der Waals surface area contributed by atoms with Crippen LogP contribution in [0.2, 0.25) is 0 Å². The maximum absolute atomic E-state index is 13.7. The number of halogens is 1. The smallest absolute Gasteiger partial charge is 0.253 e. The van der Waals surface area contributed by atoms with E-state index in [9.17, 15) is 9.18 Å². The Labute approximate surface area is 126 Å². The van der Waals surface area contributed by atoms with Crippen molar-refractivity contribution < 1.29 is 13.9 Å². The monoisotopic (exact) mass is 296 g/mol. The first kappa shape index (κ1) is 17.4. The van der Waals surface area contributed by atoms with E-state index >= 15 is 0 Å². The number of ether oxygens (including phenoxy) is 1. The Morgan fingerprint density at radius 2 is 2.10 bits per heavy atom. The van der Waals surface area contributed by atoms with Gasteiger partial charge in [0.05, 0.1) is 7.11 Å². The summed E-state index contributed by atoms with van der Waals surface area (Å²) in [6.45, 7) is 7.68. The second-order valence-electron chi connectivity index (χ2n) is 5.94. The van der Waals surface area contributed by atoms with Gasteiger partial charge >= 0.3 is 0 Å². The van der Waals surface area contributed by atoms with Gasteiger partial charge < -0.3 is 15.4 Å². The second-order valence-corrected chi connectivity index (χ2v) is 5.94. The highest BCUT2D eigenvalue weighted by molar-refractivity contribution is 5.94. The summed E-state index contributed by atoms with van der Waals surface area (Å²) >= 11 is 0. The number of nitrogens with two attached hydrogens (primary N) is 1. The maximum atomic E-state index is 13.7. The third-order valence-corrected chi connectivity index (χ3v) is 3.35. The van der Waals surface area contributed by atoms with Crippen molar-refractivity contribution in [3.05, 3.63) is 29.6 Å². The van der Waals surface area contributed by atoms with Crippen LogP contribution in [0.4, 0.5) is 4.39 Å². The third kappa shape index (κ3) is 4.70. The summed E-state index contributed by atoms with van der Waals surface area (Å²) in [4.78, 5) is 14.3. The van der Waals surface area contributed by atoms with Crippen molar-refractivity contribution in [1.82, 2.24) is 4.90 Å². The van der Waals surface area contributed by atoms with Crippen LogP contribution in [0.25, 0.3) is 0 Å². The van der Waals surface area contributed by atoms with Crippen molar-refractivity contribution in [3.63, 3.8) is 0 Å². The van der Waals surface area contributed by atoms with E-state index in [0.29, 0.717) is 25.2 Å². The molecule has 1 amide bonds. The van der Waals surface area contributed by atoms with Crippen LogP contribution in [-0.2, 0) is 0 Å². The van der Waals surface area contributed by atoms with E-state index in [-0.39, 0.29) is 17.1 Å². The van der Waals surface area contributed by atoms with Crippen LogP contribution in [0.15, 0.2) is 18.2 Å². The quantitative estimate of drug-likeness (QED) is 0.841. The molecule has 2 N–H and O–H groups in total. The molecule has 0 bridgehead atoms. The molecule has 0 aromatic heterocycles. The van der Waals surface area contributed by atoms with Gasteiger partial charge in [-0.1, -0.05) is 20.8 Å². The number of nitrogens with zero attached hydrogens (tertiary/aromatic N) is 1. The lowest BCUT2D eigenvalue weighted by Gasteiger charge is -2.31. The Hall–Kier alpha value is -1.62. The van der Waals surface area contributed by atoms with Crippen LogP contribution < -0.4 is 10.5 Å². The van der Waals surface area contributed by atoms with Gasteiger partial charge in [0.2, 0.25) is 0 Å². The minimum atomic E-state index is -0.530. The Balaban J connectivity index is 2.97. The van der Waals surface area contributed by atoms with E-state index < -0.39 is 5.82 Å². The number of carbonyl (C=O) groups excluding carboxylic acids is 1. The number of amides is 1. The van der Waals surface area contributed by atoms with Crippen LogP contribution in [0.3, 0.4) is 0 Å². The van der Waals surface area contributed by atoms with Crippen LogP contribution in [0, 0.1) is 11.2 Å². The van der Waals surface area contributed by atoms with Crippen molar-refractivity contribution in [2.24, 2.45) is 11.1 Å². The molecule has 0 aliphatic rings. The minimum absolute atomic E-state index is 0.135. The summed E-state index contributed by atoms with van der Waals surface area (Å²) in [6, 6.07) is 4.28. The average molecular weight is 296 g/mol. The molecule has 0 spiro atoms. The average Bonchev–Trinajstić information content (AvgIpc) is 2.45. The Morgan fingerprint density at radius 1 is 1.43 bits per heavy atom. The summed E-state index contributed by atoms with van der Waals surface area (Å²) in [7, 11) is 1.40. The molecular weight excluding hydrogens is 271 g/mol. The van der Waals surface area contributed by atoms with Gasteiger partial charge in [0.15, 0.2) is 11.6 Å². The molecule has 0 saturated heterocycles. The van der Waals surface area contributed by atoms with E-state index in [1.807, 2.05) is 20.8 Å². The predicted molar refractivity (Wildman–Crippen MR) is 82.0 cm³/mol. The molecule has 4 nitrogen and oxygen atoms in total. The summed E-state index contributed by atoms with van der Waals surface area (Å²) in [5.41, 5.74) is 5.89. The number of rotatable bonds is 7. The summed E-state index contributed by atoms with van der Waals surface area (Å²) in [5, 5.41) is 0. The fourth-order valence-corrected chi connectivity index (χ4v) is 2.09. The van der Waals surface area contributed by atoms with Gasteiger partial charge in [-0.15, -0.1) is 0 Å². The van der Waals surface area contributed by atoms with Crippen molar-refractivity contribution in [2.45, 2.75) is 27.2 Å². The van der Waals surface area contributed by atoms with E-state index in [1.165, 1.54) is 19.2 Å². The molecule has 0 atom stereocenters. The molecule has 1 aromatic rings. The number of carbonyl (C=O) groups is 1. The normalized spacial score (nSPS) is 11.3. The first-order chi connectivity index (χ1) is 9.84. The highest BCUT2D eigenvalue weighted by Crippen LogP contribution is 2.21. The molecule has 1 aromatic carbocycles. The van der Waals surface area contributed by atoms with Gasteiger partial charge in [-0.25, -0.2) is 4.39 Å². The predicted octanol–water partition coefficient (Wildman–Crippen LogP) is 2.67. The van der Waals surface area contributed by atoms with Crippen molar-refractivity contribution in [1.29, 1.82) is 0 Å². The van der Waals surface area contributed by atoms with Crippen LogP contribution in [0.5, 0.6) is 5.75 Å². The number of benzene rings is 1. The number of hydrogen-bond donors (Lipinski definition) is 1. The van der Waals surface area contributed by atoms with Gasteiger partial charge in [-0.2, -0.15) is 0 Å². The van der Waals surface area contributed by atoms with Crippen LogP contribution in [0.1, 0.15) is 37.6 Å². The Bertz CT molecular complexity index is 489. The zero-order valence-corrected chi connectivity index (χ0v) is 13.3. The molecular formula is C16H25FN2O2. The van der Waals surface area contributed by atoms with Crippen LogP contribution >= 0.6 is 0 Å². The summed E-state index contributed by atoms with van der Waals surface area (Å²) in [5.74, 6) is -0.575. The van der Waals surface area contributed by atoms with Crippen molar-refractivity contribution in [3.8, 4) is 5.75 Å². The van der Waals surface area contributed by atoms with Gasteiger partial charge in [0.25, 0.3) is 5.91 Å². The highest BCUT2D eigenvalue weighted by atomic mass is 19.1. The molecule has 0 fully saturated rings. The molecule has 0 saturated carbocycles. The summed E-state index contributed by atoms with van der Waals surface area (Å²) < 4.78 is 18.6. The van der Waals surface area contributed by atoms with Crippen molar-refractivity contribution in [2.75, 3.05) is 26.7 Å². The first-order valence-corrected chi connectivity index (χ1v) is 7.17. The van der Waals surface area contributed by atoms with Crippen LogP contribution in [-0.4, -0.2) is 37.6 Å². The zero-order valence-electron chi connectivity index (χ0n) is 13.3. The fourth-order valence-electron chi connectivity index (χ4n) is 2.09. The molecule has 0 heterocycles. The molecule has 21 heavy (non-hydrogen) atoms. The summed E-state index contributed by atoms with van der Waals surface area (Å²) in [6.07, 6.45) is 0.838. The Morgan fingerprint density at radius 3 is 2.57 bits per heavy atom. The first-order valence-electron chi connectivity index (χ1n) is 7.17. The zero-order chi connectivity index (χ0) is 16.0. The lowest BCUT2D eigenvalue weighted by molar-refractivity contribution is 0.0689. The topological polar surface area (TPSA) is 55.6 Å². The SMILES string of the molecule is CCCN(CC(C)(C)CN)C(=O)c1ccc(OC)c(F)c1. The molecule has 1 rings (SSSR count). The fraction of sp³-hybridized carbons (Fsp3) is 0.562. The minimum Gasteiger partial charge on any atom is -0.494 e. The van der Waals surface area contributed by atoms with E-state index in [2.05, 4.69) is 0 Å². The van der Waals surface area contributed by atoms with E-state index in [4.69, 9.17) is 10.5 Å². The number of methoxy groups -OCH3 is 1. The largest absolute Gasteiger partial charge is 0.494 e. The lowest BCUT2D eigenvalue weighted by atomic mass is 9.92. The van der Waals surface area contributed by atoms with Gasteiger partial charge in [0, 0.05) is 18.7 Å².